The Labute approximate surface area is 168 Å². The highest BCUT2D eigenvalue weighted by Gasteiger charge is 2.17. The van der Waals surface area contributed by atoms with Crippen molar-refractivity contribution in [2.75, 3.05) is 13.1 Å². The summed E-state index contributed by atoms with van der Waals surface area (Å²) in [6.07, 6.45) is 6.61. The first-order valence-electron chi connectivity index (χ1n) is 9.79. The van der Waals surface area contributed by atoms with E-state index in [0.29, 0.717) is 5.39 Å². The number of aryl methyl sites for hydroxylation is 1. The van der Waals surface area contributed by atoms with Gasteiger partial charge in [-0.05, 0) is 30.7 Å². The molecule has 0 amide bonds. The van der Waals surface area contributed by atoms with Crippen LogP contribution >= 0.6 is 0 Å². The molecular formula is C23H21N5O. The van der Waals surface area contributed by atoms with Crippen molar-refractivity contribution in [3.8, 4) is 0 Å². The van der Waals surface area contributed by atoms with Crippen LogP contribution in [0.15, 0.2) is 65.7 Å². The molecule has 0 saturated heterocycles. The van der Waals surface area contributed by atoms with Gasteiger partial charge in [0.05, 0.1) is 21.9 Å². The van der Waals surface area contributed by atoms with Crippen LogP contribution in [0.25, 0.3) is 27.6 Å². The first kappa shape index (κ1) is 17.7. The Morgan fingerprint density at radius 2 is 1.90 bits per heavy atom. The fraction of sp³-hybridized carbons (Fsp3) is 0.217. The standard InChI is InChI=1S/C23H21N5O/c1-16-26-23(29)19-6-2-3-8-21(19)28(16)18-9-13-27(14-10-18)15-17-5-4-7-20-22(17)25-12-11-24-20/h2-9,11-12H,10,13-15H2,1H3. The third-order valence-corrected chi connectivity index (χ3v) is 5.49. The second-order valence-electron chi connectivity index (χ2n) is 7.34. The Hall–Kier alpha value is -3.38. The van der Waals surface area contributed by atoms with E-state index >= 15 is 0 Å². The molecule has 144 valence electrons. The molecule has 0 radical (unpaired) electrons. The van der Waals surface area contributed by atoms with Crippen molar-refractivity contribution < 1.29 is 0 Å². The molecule has 6 heteroatoms. The molecule has 29 heavy (non-hydrogen) atoms. The minimum atomic E-state index is -0.163. The minimum absolute atomic E-state index is 0.163. The van der Waals surface area contributed by atoms with Crippen molar-refractivity contribution in [3.05, 3.63) is 82.7 Å². The summed E-state index contributed by atoms with van der Waals surface area (Å²) in [4.78, 5) is 27.8. The molecule has 0 N–H and O–H groups in total. The summed E-state index contributed by atoms with van der Waals surface area (Å²) in [6.45, 7) is 4.51. The minimum Gasteiger partial charge on any atom is -0.302 e. The molecule has 2 aromatic heterocycles. The van der Waals surface area contributed by atoms with Crippen LogP contribution in [0.5, 0.6) is 0 Å². The molecule has 0 fully saturated rings. The summed E-state index contributed by atoms with van der Waals surface area (Å²) in [7, 11) is 0. The van der Waals surface area contributed by atoms with Gasteiger partial charge in [0.2, 0.25) is 0 Å². The molecule has 1 aliphatic rings. The molecule has 0 aliphatic carbocycles. The van der Waals surface area contributed by atoms with Crippen LogP contribution in [0.3, 0.4) is 0 Å². The normalized spacial score (nSPS) is 15.0. The largest absolute Gasteiger partial charge is 0.302 e. The van der Waals surface area contributed by atoms with Crippen molar-refractivity contribution in [1.82, 2.24) is 24.4 Å². The molecule has 3 heterocycles. The highest BCUT2D eigenvalue weighted by molar-refractivity contribution is 5.81. The third kappa shape index (κ3) is 3.21. The van der Waals surface area contributed by atoms with Crippen LogP contribution in [-0.2, 0) is 6.54 Å². The fourth-order valence-electron chi connectivity index (χ4n) is 4.11. The van der Waals surface area contributed by atoms with Gasteiger partial charge in [-0.3, -0.25) is 19.7 Å². The summed E-state index contributed by atoms with van der Waals surface area (Å²) >= 11 is 0. The molecular weight excluding hydrogens is 362 g/mol. The number of rotatable bonds is 3. The van der Waals surface area contributed by atoms with E-state index in [0.717, 1.165) is 48.4 Å². The lowest BCUT2D eigenvalue weighted by molar-refractivity contribution is 0.292. The Morgan fingerprint density at radius 3 is 2.76 bits per heavy atom. The van der Waals surface area contributed by atoms with Gasteiger partial charge < -0.3 is 4.57 Å². The molecule has 0 spiro atoms. The van der Waals surface area contributed by atoms with Gasteiger partial charge >= 0.3 is 0 Å². The predicted octanol–water partition coefficient (Wildman–Crippen LogP) is 3.39. The van der Waals surface area contributed by atoms with E-state index in [4.69, 9.17) is 0 Å². The quantitative estimate of drug-likeness (QED) is 0.543. The molecule has 0 unspecified atom stereocenters. The third-order valence-electron chi connectivity index (χ3n) is 5.49. The van der Waals surface area contributed by atoms with Crippen molar-refractivity contribution in [2.45, 2.75) is 19.9 Å². The number of hydrogen-bond acceptors (Lipinski definition) is 5. The summed E-state index contributed by atoms with van der Waals surface area (Å²) in [5.41, 5.74) is 5.05. The van der Waals surface area contributed by atoms with E-state index in [1.54, 1.807) is 12.4 Å². The zero-order valence-corrected chi connectivity index (χ0v) is 16.2. The summed E-state index contributed by atoms with van der Waals surface area (Å²) in [5.74, 6) is 0.734. The van der Waals surface area contributed by atoms with Gasteiger partial charge in [-0.25, -0.2) is 0 Å². The van der Waals surface area contributed by atoms with E-state index in [2.05, 4.69) is 36.6 Å². The molecule has 0 saturated carbocycles. The van der Waals surface area contributed by atoms with Crippen LogP contribution in [0, 0.1) is 6.92 Å². The van der Waals surface area contributed by atoms with E-state index in [1.165, 1.54) is 11.3 Å². The lowest BCUT2D eigenvalue weighted by Gasteiger charge is -2.28. The molecule has 4 aromatic rings. The van der Waals surface area contributed by atoms with Gasteiger partial charge in [0.25, 0.3) is 5.56 Å². The Balaban J connectivity index is 1.44. The first-order chi connectivity index (χ1) is 14.2. The maximum Gasteiger partial charge on any atom is 0.280 e. The van der Waals surface area contributed by atoms with Crippen molar-refractivity contribution in [3.63, 3.8) is 0 Å². The maximum absolute atomic E-state index is 12.2. The predicted molar refractivity (Wildman–Crippen MR) is 114 cm³/mol. The summed E-state index contributed by atoms with van der Waals surface area (Å²) in [6, 6.07) is 13.9. The molecule has 2 aromatic carbocycles. The average Bonchev–Trinajstić information content (AvgIpc) is 2.75. The van der Waals surface area contributed by atoms with Crippen molar-refractivity contribution in [2.24, 2.45) is 0 Å². The van der Waals surface area contributed by atoms with E-state index < -0.39 is 0 Å². The van der Waals surface area contributed by atoms with Gasteiger partial charge in [0.1, 0.15) is 5.82 Å². The van der Waals surface area contributed by atoms with Gasteiger partial charge in [-0.1, -0.05) is 30.3 Å². The number of benzene rings is 2. The van der Waals surface area contributed by atoms with Gasteiger partial charge in [0, 0.05) is 44.1 Å². The molecule has 0 bridgehead atoms. The monoisotopic (exact) mass is 383 g/mol. The van der Waals surface area contributed by atoms with E-state index in [1.807, 2.05) is 43.3 Å². The highest BCUT2D eigenvalue weighted by atomic mass is 16.1. The van der Waals surface area contributed by atoms with Gasteiger partial charge in [0.15, 0.2) is 0 Å². The van der Waals surface area contributed by atoms with Crippen LogP contribution < -0.4 is 5.56 Å². The average molecular weight is 383 g/mol. The Morgan fingerprint density at radius 1 is 1.03 bits per heavy atom. The van der Waals surface area contributed by atoms with E-state index in [-0.39, 0.29) is 5.56 Å². The zero-order chi connectivity index (χ0) is 19.8. The lowest BCUT2D eigenvalue weighted by Crippen LogP contribution is -2.30. The van der Waals surface area contributed by atoms with Crippen LogP contribution in [0.4, 0.5) is 0 Å². The Bertz CT molecular complexity index is 1300. The number of para-hydroxylation sites is 2. The van der Waals surface area contributed by atoms with Crippen molar-refractivity contribution in [1.29, 1.82) is 0 Å². The van der Waals surface area contributed by atoms with Crippen LogP contribution in [0.1, 0.15) is 17.8 Å². The zero-order valence-electron chi connectivity index (χ0n) is 16.2. The number of hydrogen-bond donors (Lipinski definition) is 0. The summed E-state index contributed by atoms with van der Waals surface area (Å²) < 4.78 is 2.12. The highest BCUT2D eigenvalue weighted by Crippen LogP contribution is 2.24. The number of fused-ring (bicyclic) bond motifs is 2. The number of aromatic nitrogens is 4. The number of nitrogens with zero attached hydrogens (tertiary/aromatic N) is 5. The second-order valence-corrected chi connectivity index (χ2v) is 7.34. The smallest absolute Gasteiger partial charge is 0.280 e. The summed E-state index contributed by atoms with van der Waals surface area (Å²) in [5, 5.41) is 0.663. The molecule has 0 atom stereocenters. The van der Waals surface area contributed by atoms with Crippen LogP contribution in [0.2, 0.25) is 0 Å². The SMILES string of the molecule is Cc1nc(=O)c2ccccc2n1C1=CCN(Cc2cccc3nccnc23)CC1. The van der Waals surface area contributed by atoms with Gasteiger partial charge in [-0.2, -0.15) is 4.98 Å². The molecule has 1 aliphatic heterocycles. The van der Waals surface area contributed by atoms with E-state index in [9.17, 15) is 4.79 Å². The molecule has 6 nitrogen and oxygen atoms in total. The second kappa shape index (κ2) is 7.22. The van der Waals surface area contributed by atoms with Crippen molar-refractivity contribution >= 4 is 27.6 Å². The molecule has 5 rings (SSSR count). The fourth-order valence-corrected chi connectivity index (χ4v) is 4.11. The lowest BCUT2D eigenvalue weighted by atomic mass is 10.1. The first-order valence-corrected chi connectivity index (χ1v) is 9.79. The van der Waals surface area contributed by atoms with Gasteiger partial charge in [-0.15, -0.1) is 0 Å². The topological polar surface area (TPSA) is 63.9 Å². The Kier molecular flexibility index (Phi) is 4.41. The maximum atomic E-state index is 12.2. The van der Waals surface area contributed by atoms with Crippen LogP contribution in [-0.4, -0.2) is 37.5 Å².